The van der Waals surface area contributed by atoms with Crippen molar-refractivity contribution in [3.63, 3.8) is 0 Å². The third-order valence-electron chi connectivity index (χ3n) is 3.94. The maximum absolute atomic E-state index is 12.5. The van der Waals surface area contributed by atoms with E-state index in [0.29, 0.717) is 16.8 Å². The normalized spacial score (nSPS) is 13.1. The first-order chi connectivity index (χ1) is 12.7. The van der Waals surface area contributed by atoms with Gasteiger partial charge in [0, 0.05) is 18.7 Å². The first-order valence-electron chi connectivity index (χ1n) is 8.20. The van der Waals surface area contributed by atoms with Gasteiger partial charge >= 0.3 is 0 Å². The van der Waals surface area contributed by atoms with Crippen LogP contribution in [-0.4, -0.2) is 31.9 Å². The Balaban J connectivity index is 1.47. The molecule has 0 unspecified atom stereocenters. The lowest BCUT2D eigenvalue weighted by Gasteiger charge is -2.11. The summed E-state index contributed by atoms with van der Waals surface area (Å²) in [5.41, 5.74) is 1.74. The number of aromatic nitrogens is 3. The van der Waals surface area contributed by atoms with Gasteiger partial charge in [-0.1, -0.05) is 35.2 Å². The van der Waals surface area contributed by atoms with Crippen molar-refractivity contribution in [2.45, 2.75) is 29.9 Å². The summed E-state index contributed by atoms with van der Waals surface area (Å²) in [6.45, 7) is 2.46. The maximum atomic E-state index is 12.5. The van der Waals surface area contributed by atoms with Crippen LogP contribution < -0.4 is 10.9 Å². The van der Waals surface area contributed by atoms with E-state index in [1.807, 2.05) is 31.2 Å². The molecule has 3 heterocycles. The van der Waals surface area contributed by atoms with Gasteiger partial charge in [-0.3, -0.25) is 14.2 Å². The molecular formula is C17H16N4O2S3. The van der Waals surface area contributed by atoms with Gasteiger partial charge in [0.15, 0.2) is 10.3 Å². The zero-order valence-corrected chi connectivity index (χ0v) is 16.5. The Labute approximate surface area is 162 Å². The number of amides is 1. The monoisotopic (exact) mass is 404 g/mol. The first kappa shape index (κ1) is 17.6. The molecule has 1 aliphatic heterocycles. The molecule has 134 valence electrons. The molecule has 0 saturated heterocycles. The van der Waals surface area contributed by atoms with E-state index in [2.05, 4.69) is 15.3 Å². The predicted octanol–water partition coefficient (Wildman–Crippen LogP) is 3.25. The lowest BCUT2D eigenvalue weighted by Crippen LogP contribution is -2.25. The van der Waals surface area contributed by atoms with Gasteiger partial charge in [0.1, 0.15) is 0 Å². The van der Waals surface area contributed by atoms with Crippen molar-refractivity contribution in [2.24, 2.45) is 0 Å². The number of rotatable bonds is 5. The van der Waals surface area contributed by atoms with Crippen molar-refractivity contribution in [3.05, 3.63) is 40.3 Å². The first-order valence-corrected chi connectivity index (χ1v) is 11.0. The zero-order chi connectivity index (χ0) is 18.1. The van der Waals surface area contributed by atoms with Crippen LogP contribution in [0.5, 0.6) is 0 Å². The summed E-state index contributed by atoms with van der Waals surface area (Å²) in [4.78, 5) is 34.6. The molecule has 1 N–H and O–H groups in total. The average molecular weight is 405 g/mol. The second-order valence-electron chi connectivity index (χ2n) is 5.64. The fourth-order valence-electron chi connectivity index (χ4n) is 2.72. The summed E-state index contributed by atoms with van der Waals surface area (Å²) in [6.07, 6.45) is 0.811. The Hall–Kier alpha value is -1.84. The van der Waals surface area contributed by atoms with Crippen LogP contribution in [-0.2, 0) is 17.8 Å². The summed E-state index contributed by atoms with van der Waals surface area (Å²) < 4.78 is 2.68. The van der Waals surface area contributed by atoms with E-state index in [4.69, 9.17) is 0 Å². The van der Waals surface area contributed by atoms with E-state index < -0.39 is 0 Å². The Morgan fingerprint density at radius 1 is 1.35 bits per heavy atom. The lowest BCUT2D eigenvalue weighted by molar-refractivity contribution is -0.113. The summed E-state index contributed by atoms with van der Waals surface area (Å²) >= 11 is 4.31. The molecule has 9 heteroatoms. The fraction of sp³-hybridized carbons (Fsp3) is 0.294. The summed E-state index contributed by atoms with van der Waals surface area (Å²) in [5.74, 6) is 0.933. The third-order valence-corrected chi connectivity index (χ3v) is 6.97. The molecule has 0 atom stereocenters. The maximum Gasteiger partial charge on any atom is 0.268 e. The molecule has 0 bridgehead atoms. The Morgan fingerprint density at radius 2 is 2.19 bits per heavy atom. The minimum absolute atomic E-state index is 0.00841. The Morgan fingerprint density at radius 3 is 3.00 bits per heavy atom. The van der Waals surface area contributed by atoms with Gasteiger partial charge in [-0.2, -0.15) is 0 Å². The molecule has 0 fully saturated rings. The van der Waals surface area contributed by atoms with Crippen molar-refractivity contribution >= 4 is 56.1 Å². The molecule has 3 aromatic rings. The van der Waals surface area contributed by atoms with E-state index in [1.165, 1.54) is 23.1 Å². The summed E-state index contributed by atoms with van der Waals surface area (Å²) in [6, 6.07) is 7.77. The van der Waals surface area contributed by atoms with Crippen molar-refractivity contribution < 1.29 is 4.79 Å². The van der Waals surface area contributed by atoms with Crippen LogP contribution in [0, 0.1) is 0 Å². The predicted molar refractivity (Wildman–Crippen MR) is 108 cm³/mol. The molecular weight excluding hydrogens is 388 g/mol. The minimum Gasteiger partial charge on any atom is -0.301 e. The van der Waals surface area contributed by atoms with E-state index in [1.54, 1.807) is 16.3 Å². The number of para-hydroxylation sites is 1. The van der Waals surface area contributed by atoms with Crippen molar-refractivity contribution in [1.29, 1.82) is 0 Å². The van der Waals surface area contributed by atoms with E-state index in [0.717, 1.165) is 33.0 Å². The molecule has 0 radical (unpaired) electrons. The van der Waals surface area contributed by atoms with Crippen LogP contribution in [0.25, 0.3) is 10.2 Å². The highest BCUT2D eigenvalue weighted by molar-refractivity contribution is 8.00. The number of thioether (sulfide) groups is 2. The van der Waals surface area contributed by atoms with Gasteiger partial charge < -0.3 is 5.32 Å². The highest BCUT2D eigenvalue weighted by Gasteiger charge is 2.21. The number of anilines is 1. The largest absolute Gasteiger partial charge is 0.301 e. The van der Waals surface area contributed by atoms with Crippen molar-refractivity contribution in [1.82, 2.24) is 14.5 Å². The number of carbonyl (C=O) groups is 1. The smallest absolute Gasteiger partial charge is 0.268 e. The van der Waals surface area contributed by atoms with E-state index >= 15 is 0 Å². The highest BCUT2D eigenvalue weighted by Crippen LogP contribution is 2.29. The lowest BCUT2D eigenvalue weighted by atomic mass is 10.3. The van der Waals surface area contributed by atoms with Crippen LogP contribution in [0.15, 0.2) is 39.1 Å². The van der Waals surface area contributed by atoms with E-state index in [-0.39, 0.29) is 17.2 Å². The van der Waals surface area contributed by atoms with Crippen LogP contribution >= 0.6 is 34.9 Å². The molecule has 0 saturated carbocycles. The Bertz CT molecular complexity index is 1010. The average Bonchev–Trinajstić information content (AvgIpc) is 3.26. The summed E-state index contributed by atoms with van der Waals surface area (Å²) in [5, 5.41) is 4.03. The number of hydrogen-bond acceptors (Lipinski definition) is 7. The van der Waals surface area contributed by atoms with Crippen LogP contribution in [0.3, 0.4) is 0 Å². The minimum atomic E-state index is -0.152. The van der Waals surface area contributed by atoms with Crippen LogP contribution in [0.4, 0.5) is 5.13 Å². The fourth-order valence-corrected chi connectivity index (χ4v) is 5.53. The van der Waals surface area contributed by atoms with Gasteiger partial charge in [-0.15, -0.1) is 11.8 Å². The van der Waals surface area contributed by atoms with Crippen molar-refractivity contribution in [3.8, 4) is 0 Å². The number of hydrogen-bond donors (Lipinski definition) is 1. The molecule has 4 rings (SSSR count). The highest BCUT2D eigenvalue weighted by atomic mass is 32.2. The SMILES string of the molecule is CCn1c(SCC(=O)Nc2nc3ccccc3s2)nc2c(c1=O)SCC2. The molecule has 2 aromatic heterocycles. The second kappa shape index (κ2) is 7.42. The van der Waals surface area contributed by atoms with Gasteiger partial charge in [0.05, 0.1) is 26.6 Å². The van der Waals surface area contributed by atoms with Crippen LogP contribution in [0.1, 0.15) is 12.6 Å². The molecule has 0 aliphatic carbocycles. The van der Waals surface area contributed by atoms with E-state index in [9.17, 15) is 9.59 Å². The van der Waals surface area contributed by atoms with Gasteiger partial charge in [0.2, 0.25) is 5.91 Å². The quantitative estimate of drug-likeness (QED) is 0.520. The zero-order valence-electron chi connectivity index (χ0n) is 14.0. The summed E-state index contributed by atoms with van der Waals surface area (Å²) in [7, 11) is 0. The molecule has 0 spiro atoms. The number of aryl methyl sites for hydroxylation is 1. The number of carbonyl (C=O) groups excluding carboxylic acids is 1. The van der Waals surface area contributed by atoms with Gasteiger partial charge in [-0.25, -0.2) is 9.97 Å². The van der Waals surface area contributed by atoms with Crippen molar-refractivity contribution in [2.75, 3.05) is 16.8 Å². The number of thiazole rings is 1. The standard InChI is InChI=1S/C17H16N4O2S3/c1-2-21-15(23)14-11(7-8-24-14)19-17(21)25-9-13(22)20-16-18-10-5-3-4-6-12(10)26-16/h3-6H,2,7-9H2,1H3,(H,18,20,22). The number of benzene rings is 1. The van der Waals surface area contributed by atoms with Gasteiger partial charge in [-0.05, 0) is 19.1 Å². The molecule has 1 aromatic carbocycles. The molecule has 1 amide bonds. The third kappa shape index (κ3) is 3.38. The number of fused-ring (bicyclic) bond motifs is 2. The Kier molecular flexibility index (Phi) is 5.01. The number of nitrogens with zero attached hydrogens (tertiary/aromatic N) is 3. The van der Waals surface area contributed by atoms with Gasteiger partial charge in [0.25, 0.3) is 5.56 Å². The second-order valence-corrected chi connectivity index (χ2v) is 8.72. The molecule has 26 heavy (non-hydrogen) atoms. The topological polar surface area (TPSA) is 76.9 Å². The van der Waals surface area contributed by atoms with Crippen LogP contribution in [0.2, 0.25) is 0 Å². The molecule has 6 nitrogen and oxygen atoms in total. The molecule has 1 aliphatic rings. The number of nitrogens with one attached hydrogen (secondary N) is 1.